The van der Waals surface area contributed by atoms with Crippen LogP contribution in [-0.4, -0.2) is 19.2 Å². The van der Waals surface area contributed by atoms with Crippen LogP contribution in [-0.2, 0) is 6.42 Å². The van der Waals surface area contributed by atoms with Crippen molar-refractivity contribution < 1.29 is 4.74 Å². The zero-order valence-corrected chi connectivity index (χ0v) is 12.1. The molecule has 1 saturated carbocycles. The van der Waals surface area contributed by atoms with Gasteiger partial charge in [-0.3, -0.25) is 0 Å². The Hall–Kier alpha value is -0.730. The summed E-state index contributed by atoms with van der Waals surface area (Å²) in [6, 6.07) is 6.75. The average molecular weight is 280 g/mol. The second kappa shape index (κ2) is 6.15. The monoisotopic (exact) mass is 279 g/mol. The first-order chi connectivity index (χ1) is 9.33. The number of ether oxygens (including phenoxy) is 1. The number of piperidine rings is 1. The van der Waals surface area contributed by atoms with E-state index in [4.69, 9.17) is 16.3 Å². The van der Waals surface area contributed by atoms with Crippen molar-refractivity contribution >= 4 is 11.6 Å². The third kappa shape index (κ3) is 3.64. The van der Waals surface area contributed by atoms with Crippen LogP contribution < -0.4 is 10.1 Å². The largest absolute Gasteiger partial charge is 0.492 e. The molecule has 0 amide bonds. The van der Waals surface area contributed by atoms with Gasteiger partial charge in [0.1, 0.15) is 5.75 Å². The Morgan fingerprint density at radius 1 is 1.21 bits per heavy atom. The zero-order chi connectivity index (χ0) is 13.1. The van der Waals surface area contributed by atoms with Crippen LogP contribution in [0.4, 0.5) is 0 Å². The molecule has 3 heteroatoms. The normalized spacial score (nSPS) is 23.3. The number of nitrogens with one attached hydrogen (secondary N) is 1. The SMILES string of the molecule is Clc1c(CC2CCCCN2)cccc1OCC1CC1. The Labute approximate surface area is 120 Å². The number of hydrogen-bond donors (Lipinski definition) is 1. The van der Waals surface area contributed by atoms with Gasteiger partial charge in [0.25, 0.3) is 0 Å². The van der Waals surface area contributed by atoms with E-state index < -0.39 is 0 Å². The van der Waals surface area contributed by atoms with Gasteiger partial charge in [0.2, 0.25) is 0 Å². The van der Waals surface area contributed by atoms with Gasteiger partial charge in [0.05, 0.1) is 11.6 Å². The van der Waals surface area contributed by atoms with Crippen LogP contribution in [0.3, 0.4) is 0 Å². The van der Waals surface area contributed by atoms with E-state index in [0.717, 1.165) is 36.3 Å². The molecular formula is C16H22ClNO. The van der Waals surface area contributed by atoms with Crippen LogP contribution in [0.1, 0.15) is 37.7 Å². The molecule has 1 N–H and O–H groups in total. The molecule has 104 valence electrons. The summed E-state index contributed by atoms with van der Waals surface area (Å²) in [5.41, 5.74) is 1.22. The smallest absolute Gasteiger partial charge is 0.138 e. The third-order valence-electron chi connectivity index (χ3n) is 4.09. The van der Waals surface area contributed by atoms with Gasteiger partial charge in [0, 0.05) is 6.04 Å². The van der Waals surface area contributed by atoms with Gasteiger partial charge in [0.15, 0.2) is 0 Å². The highest BCUT2D eigenvalue weighted by Gasteiger charge is 2.23. The van der Waals surface area contributed by atoms with Crippen molar-refractivity contribution in [3.8, 4) is 5.75 Å². The molecule has 1 unspecified atom stereocenters. The topological polar surface area (TPSA) is 21.3 Å². The van der Waals surface area contributed by atoms with Gasteiger partial charge >= 0.3 is 0 Å². The maximum atomic E-state index is 6.48. The fraction of sp³-hybridized carbons (Fsp3) is 0.625. The van der Waals surface area contributed by atoms with Crippen molar-refractivity contribution in [3.63, 3.8) is 0 Å². The summed E-state index contributed by atoms with van der Waals surface area (Å²) in [5, 5.41) is 4.39. The summed E-state index contributed by atoms with van der Waals surface area (Å²) in [6.07, 6.45) is 7.51. The van der Waals surface area contributed by atoms with E-state index in [0.29, 0.717) is 6.04 Å². The standard InChI is InChI=1S/C16H22ClNO/c17-16-13(10-14-5-1-2-9-18-14)4-3-6-15(16)19-11-12-7-8-12/h3-4,6,12,14,18H,1-2,5,7-11H2. The molecule has 3 rings (SSSR count). The van der Waals surface area contributed by atoms with Gasteiger partial charge in [-0.1, -0.05) is 30.2 Å². The molecular weight excluding hydrogens is 258 g/mol. The highest BCUT2D eigenvalue weighted by Crippen LogP contribution is 2.33. The lowest BCUT2D eigenvalue weighted by Crippen LogP contribution is -2.35. The molecule has 0 bridgehead atoms. The molecule has 0 radical (unpaired) electrons. The minimum absolute atomic E-state index is 0.574. The summed E-state index contributed by atoms with van der Waals surface area (Å²) in [4.78, 5) is 0. The molecule has 1 aromatic rings. The maximum absolute atomic E-state index is 6.48. The van der Waals surface area contributed by atoms with Gasteiger partial charge in [-0.15, -0.1) is 0 Å². The van der Waals surface area contributed by atoms with E-state index in [1.54, 1.807) is 0 Å². The Balaban J connectivity index is 1.64. The van der Waals surface area contributed by atoms with Gasteiger partial charge < -0.3 is 10.1 Å². The molecule has 2 aliphatic rings. The average Bonchev–Trinajstić information content (AvgIpc) is 3.25. The Morgan fingerprint density at radius 2 is 2.11 bits per heavy atom. The molecule has 2 nitrogen and oxygen atoms in total. The highest BCUT2D eigenvalue weighted by atomic mass is 35.5. The Kier molecular flexibility index (Phi) is 4.29. The number of halogens is 1. The zero-order valence-electron chi connectivity index (χ0n) is 11.3. The molecule has 1 aromatic carbocycles. The van der Waals surface area contributed by atoms with Crippen molar-refractivity contribution in [1.82, 2.24) is 5.32 Å². The predicted octanol–water partition coefficient (Wildman–Crippen LogP) is 3.81. The first kappa shape index (κ1) is 13.3. The summed E-state index contributed by atoms with van der Waals surface area (Å²) in [7, 11) is 0. The maximum Gasteiger partial charge on any atom is 0.138 e. The summed E-state index contributed by atoms with van der Waals surface area (Å²) in [5.74, 6) is 1.63. The lowest BCUT2D eigenvalue weighted by atomic mass is 9.97. The number of hydrogen-bond acceptors (Lipinski definition) is 2. The van der Waals surface area contributed by atoms with Crippen LogP contribution in [0, 0.1) is 5.92 Å². The van der Waals surface area contributed by atoms with Crippen LogP contribution in [0.2, 0.25) is 5.02 Å². The van der Waals surface area contributed by atoms with Crippen molar-refractivity contribution in [3.05, 3.63) is 28.8 Å². The number of rotatable bonds is 5. The Bertz CT molecular complexity index is 425. The molecule has 1 aliphatic carbocycles. The lowest BCUT2D eigenvalue weighted by Gasteiger charge is -2.24. The van der Waals surface area contributed by atoms with E-state index in [-0.39, 0.29) is 0 Å². The van der Waals surface area contributed by atoms with Crippen LogP contribution >= 0.6 is 11.6 Å². The lowest BCUT2D eigenvalue weighted by molar-refractivity contribution is 0.299. The second-order valence-corrected chi connectivity index (χ2v) is 6.21. The quantitative estimate of drug-likeness (QED) is 0.885. The fourth-order valence-electron chi connectivity index (χ4n) is 2.68. The first-order valence-corrected chi connectivity index (χ1v) is 7.84. The van der Waals surface area contributed by atoms with Crippen LogP contribution in [0.25, 0.3) is 0 Å². The van der Waals surface area contributed by atoms with Crippen molar-refractivity contribution in [1.29, 1.82) is 0 Å². The molecule has 19 heavy (non-hydrogen) atoms. The molecule has 0 spiro atoms. The molecule has 1 atom stereocenters. The van der Waals surface area contributed by atoms with Crippen molar-refractivity contribution in [2.24, 2.45) is 5.92 Å². The van der Waals surface area contributed by atoms with E-state index >= 15 is 0 Å². The summed E-state index contributed by atoms with van der Waals surface area (Å²) in [6.45, 7) is 1.96. The third-order valence-corrected chi connectivity index (χ3v) is 4.52. The molecule has 1 heterocycles. The number of benzene rings is 1. The minimum Gasteiger partial charge on any atom is -0.492 e. The van der Waals surface area contributed by atoms with E-state index in [1.807, 2.05) is 6.07 Å². The molecule has 1 saturated heterocycles. The first-order valence-electron chi connectivity index (χ1n) is 7.46. The van der Waals surface area contributed by atoms with Crippen molar-refractivity contribution in [2.75, 3.05) is 13.2 Å². The molecule has 1 aliphatic heterocycles. The highest BCUT2D eigenvalue weighted by molar-refractivity contribution is 6.32. The Morgan fingerprint density at radius 3 is 2.84 bits per heavy atom. The van der Waals surface area contributed by atoms with Gasteiger partial charge in [-0.2, -0.15) is 0 Å². The molecule has 2 fully saturated rings. The predicted molar refractivity (Wildman–Crippen MR) is 79.0 cm³/mol. The summed E-state index contributed by atoms with van der Waals surface area (Å²) < 4.78 is 5.84. The van der Waals surface area contributed by atoms with Crippen LogP contribution in [0.15, 0.2) is 18.2 Å². The van der Waals surface area contributed by atoms with Gasteiger partial charge in [-0.25, -0.2) is 0 Å². The van der Waals surface area contributed by atoms with Crippen LogP contribution in [0.5, 0.6) is 5.75 Å². The van der Waals surface area contributed by atoms with Crippen molar-refractivity contribution in [2.45, 2.75) is 44.6 Å². The van der Waals surface area contributed by atoms with E-state index in [1.165, 1.54) is 37.7 Å². The van der Waals surface area contributed by atoms with E-state index in [9.17, 15) is 0 Å². The fourth-order valence-corrected chi connectivity index (χ4v) is 2.94. The second-order valence-electron chi connectivity index (χ2n) is 5.83. The minimum atomic E-state index is 0.574. The van der Waals surface area contributed by atoms with E-state index in [2.05, 4.69) is 17.4 Å². The molecule has 0 aromatic heterocycles. The van der Waals surface area contributed by atoms with Gasteiger partial charge in [-0.05, 0) is 56.2 Å². The summed E-state index contributed by atoms with van der Waals surface area (Å²) >= 11 is 6.48.